The van der Waals surface area contributed by atoms with E-state index < -0.39 is 9.84 Å². The number of hydrogen-bond acceptors (Lipinski definition) is 5. The third-order valence-electron chi connectivity index (χ3n) is 4.64. The highest BCUT2D eigenvalue weighted by molar-refractivity contribution is 7.91. The lowest BCUT2D eigenvalue weighted by atomic mass is 10.1. The minimum atomic E-state index is -2.95. The van der Waals surface area contributed by atoms with Gasteiger partial charge in [0.1, 0.15) is 0 Å². The number of nitrogens with zero attached hydrogens (tertiary/aromatic N) is 1. The number of likely N-dealkylation sites (N-methyl/N-ethyl adjacent to an activating group) is 1. The number of sulfone groups is 1. The summed E-state index contributed by atoms with van der Waals surface area (Å²) >= 11 is 0. The topological polar surface area (TPSA) is 75.7 Å². The first-order valence-electron chi connectivity index (χ1n) is 8.74. The molecule has 134 valence electrons. The van der Waals surface area contributed by atoms with Crippen molar-refractivity contribution >= 4 is 15.7 Å². The third kappa shape index (κ3) is 7.18. The van der Waals surface area contributed by atoms with Crippen LogP contribution in [0.4, 0.5) is 0 Å². The zero-order chi connectivity index (χ0) is 16.7. The first kappa shape index (κ1) is 18.7. The van der Waals surface area contributed by atoms with Crippen LogP contribution >= 0.6 is 0 Å². The predicted octanol–water partition coefficient (Wildman–Crippen LogP) is 0.961. The highest BCUT2D eigenvalue weighted by Crippen LogP contribution is 2.19. The second-order valence-electron chi connectivity index (χ2n) is 6.89. The van der Waals surface area contributed by atoms with E-state index in [1.54, 1.807) is 0 Å². The van der Waals surface area contributed by atoms with Gasteiger partial charge in [0.05, 0.1) is 30.8 Å². The first-order valence-corrected chi connectivity index (χ1v) is 10.6. The van der Waals surface area contributed by atoms with Gasteiger partial charge < -0.3 is 10.1 Å². The van der Waals surface area contributed by atoms with Gasteiger partial charge in [-0.1, -0.05) is 25.7 Å². The summed E-state index contributed by atoms with van der Waals surface area (Å²) in [7, 11) is -1.06. The van der Waals surface area contributed by atoms with Crippen LogP contribution in [0.5, 0.6) is 0 Å². The largest absolute Gasteiger partial charge is 0.377 e. The van der Waals surface area contributed by atoms with E-state index in [9.17, 15) is 13.2 Å². The van der Waals surface area contributed by atoms with Crippen LogP contribution in [0.25, 0.3) is 0 Å². The molecule has 0 aromatic carbocycles. The first-order chi connectivity index (χ1) is 10.9. The van der Waals surface area contributed by atoms with Gasteiger partial charge in [0.15, 0.2) is 9.84 Å². The lowest BCUT2D eigenvalue weighted by Crippen LogP contribution is -2.42. The number of amides is 1. The minimum absolute atomic E-state index is 0.0766. The summed E-state index contributed by atoms with van der Waals surface area (Å²) in [5.41, 5.74) is 0. The Bertz CT molecular complexity index is 472. The molecule has 2 fully saturated rings. The summed E-state index contributed by atoms with van der Waals surface area (Å²) in [5.74, 6) is 0.153. The van der Waals surface area contributed by atoms with E-state index >= 15 is 0 Å². The van der Waals surface area contributed by atoms with E-state index in [1.165, 1.54) is 25.7 Å². The fourth-order valence-corrected chi connectivity index (χ4v) is 4.96. The minimum Gasteiger partial charge on any atom is -0.377 e. The second-order valence-corrected chi connectivity index (χ2v) is 9.12. The molecule has 1 heterocycles. The Labute approximate surface area is 139 Å². The summed E-state index contributed by atoms with van der Waals surface area (Å²) in [5, 5.41) is 2.81. The zero-order valence-electron chi connectivity index (χ0n) is 14.1. The van der Waals surface area contributed by atoms with Gasteiger partial charge in [-0.3, -0.25) is 9.69 Å². The molecule has 1 aliphatic heterocycles. The molecule has 7 heteroatoms. The Kier molecular flexibility index (Phi) is 7.30. The van der Waals surface area contributed by atoms with E-state index in [2.05, 4.69) is 5.32 Å². The Morgan fingerprint density at radius 2 is 1.87 bits per heavy atom. The number of carbonyl (C=O) groups is 1. The lowest BCUT2D eigenvalue weighted by molar-refractivity contribution is -0.122. The van der Waals surface area contributed by atoms with E-state index in [-0.39, 0.29) is 30.0 Å². The summed E-state index contributed by atoms with van der Waals surface area (Å²) in [6, 6.07) is -0.219. The average molecular weight is 346 g/mol. The maximum absolute atomic E-state index is 11.9. The molecule has 0 radical (unpaired) electrons. The third-order valence-corrected chi connectivity index (χ3v) is 6.41. The molecule has 0 spiro atoms. The maximum atomic E-state index is 11.9. The molecule has 1 aliphatic carbocycles. The van der Waals surface area contributed by atoms with E-state index in [1.807, 2.05) is 11.9 Å². The van der Waals surface area contributed by atoms with Crippen molar-refractivity contribution in [1.82, 2.24) is 10.2 Å². The SMILES string of the molecule is CN(CCOC1CCCCCC1)CC(=O)NC1CCS(=O)(=O)C1. The molecule has 0 bridgehead atoms. The molecule has 1 saturated heterocycles. The average Bonchev–Trinajstić information content (AvgIpc) is 2.66. The summed E-state index contributed by atoms with van der Waals surface area (Å²) < 4.78 is 28.7. The van der Waals surface area contributed by atoms with Crippen LogP contribution in [-0.4, -0.2) is 69.6 Å². The number of nitrogens with one attached hydrogen (secondary N) is 1. The van der Waals surface area contributed by atoms with Crippen molar-refractivity contribution in [2.45, 2.75) is 57.1 Å². The van der Waals surface area contributed by atoms with E-state index in [0.29, 0.717) is 25.7 Å². The van der Waals surface area contributed by atoms with Crippen LogP contribution in [0.2, 0.25) is 0 Å². The summed E-state index contributed by atoms with van der Waals surface area (Å²) in [4.78, 5) is 13.9. The molecule has 1 unspecified atom stereocenters. The molecule has 1 amide bonds. The molecule has 0 aromatic heterocycles. The molecule has 0 aromatic rings. The van der Waals surface area contributed by atoms with Crippen molar-refractivity contribution in [2.24, 2.45) is 0 Å². The second kappa shape index (κ2) is 8.99. The van der Waals surface area contributed by atoms with Crippen LogP contribution in [0.15, 0.2) is 0 Å². The molecule has 23 heavy (non-hydrogen) atoms. The Morgan fingerprint density at radius 3 is 2.48 bits per heavy atom. The van der Waals surface area contributed by atoms with Crippen molar-refractivity contribution in [3.05, 3.63) is 0 Å². The van der Waals surface area contributed by atoms with Crippen LogP contribution < -0.4 is 5.32 Å². The summed E-state index contributed by atoms with van der Waals surface area (Å²) in [6.45, 7) is 1.64. The Morgan fingerprint density at radius 1 is 1.17 bits per heavy atom. The van der Waals surface area contributed by atoms with Gasteiger partial charge >= 0.3 is 0 Å². The van der Waals surface area contributed by atoms with E-state index in [0.717, 1.165) is 12.8 Å². The van der Waals surface area contributed by atoms with Crippen molar-refractivity contribution in [3.8, 4) is 0 Å². The standard InChI is InChI=1S/C16H30N2O4S/c1-18(9-10-22-15-6-4-2-3-5-7-15)12-16(19)17-14-8-11-23(20,21)13-14/h14-15H,2-13H2,1H3,(H,17,19). The van der Waals surface area contributed by atoms with Crippen LogP contribution in [0, 0.1) is 0 Å². The van der Waals surface area contributed by atoms with Crippen molar-refractivity contribution in [3.63, 3.8) is 0 Å². The van der Waals surface area contributed by atoms with Crippen LogP contribution in [0.3, 0.4) is 0 Å². The Hall–Kier alpha value is -0.660. The molecule has 1 N–H and O–H groups in total. The van der Waals surface area contributed by atoms with Crippen molar-refractivity contribution in [1.29, 1.82) is 0 Å². The van der Waals surface area contributed by atoms with E-state index in [4.69, 9.17) is 4.74 Å². The normalized spacial score (nSPS) is 25.4. The number of carbonyl (C=O) groups excluding carboxylic acids is 1. The predicted molar refractivity (Wildman–Crippen MR) is 90.1 cm³/mol. The van der Waals surface area contributed by atoms with Gasteiger partial charge in [0.2, 0.25) is 5.91 Å². The number of ether oxygens (including phenoxy) is 1. The van der Waals surface area contributed by atoms with Crippen molar-refractivity contribution < 1.29 is 17.9 Å². The summed E-state index contributed by atoms with van der Waals surface area (Å²) in [6.07, 6.45) is 8.36. The molecular formula is C16H30N2O4S. The van der Waals surface area contributed by atoms with Crippen molar-refractivity contribution in [2.75, 3.05) is 38.2 Å². The van der Waals surface area contributed by atoms with Gasteiger partial charge in [-0.25, -0.2) is 8.42 Å². The van der Waals surface area contributed by atoms with Crippen LogP contribution in [-0.2, 0) is 19.4 Å². The fourth-order valence-electron chi connectivity index (χ4n) is 3.29. The maximum Gasteiger partial charge on any atom is 0.234 e. The number of hydrogen-bond donors (Lipinski definition) is 1. The highest BCUT2D eigenvalue weighted by atomic mass is 32.2. The smallest absolute Gasteiger partial charge is 0.234 e. The van der Waals surface area contributed by atoms with Gasteiger partial charge in [-0.2, -0.15) is 0 Å². The zero-order valence-corrected chi connectivity index (χ0v) is 14.9. The quantitative estimate of drug-likeness (QED) is 0.695. The number of rotatable bonds is 7. The molecule has 1 atom stereocenters. The molecule has 2 aliphatic rings. The molecule has 2 rings (SSSR count). The monoisotopic (exact) mass is 346 g/mol. The molecular weight excluding hydrogens is 316 g/mol. The van der Waals surface area contributed by atoms with Gasteiger partial charge in [0, 0.05) is 12.6 Å². The fraction of sp³-hybridized carbons (Fsp3) is 0.938. The highest BCUT2D eigenvalue weighted by Gasteiger charge is 2.28. The van der Waals surface area contributed by atoms with Gasteiger partial charge in [-0.05, 0) is 26.3 Å². The van der Waals surface area contributed by atoms with Gasteiger partial charge in [-0.15, -0.1) is 0 Å². The molecule has 6 nitrogen and oxygen atoms in total. The molecule has 1 saturated carbocycles. The van der Waals surface area contributed by atoms with Gasteiger partial charge in [0.25, 0.3) is 0 Å². The van der Waals surface area contributed by atoms with Crippen LogP contribution in [0.1, 0.15) is 44.9 Å². The Balaban J connectivity index is 1.58. The lowest BCUT2D eigenvalue weighted by Gasteiger charge is -2.20.